The summed E-state index contributed by atoms with van der Waals surface area (Å²) >= 11 is 0. The fourth-order valence-electron chi connectivity index (χ4n) is 1.72. The topological polar surface area (TPSA) is 118 Å². The molecule has 0 aliphatic heterocycles. The number of anilines is 1. The number of nitrogens with two attached hydrogens (primary N) is 1. The number of amides is 1. The summed E-state index contributed by atoms with van der Waals surface area (Å²) in [5.41, 5.74) is 4.29. The van der Waals surface area contributed by atoms with Crippen molar-refractivity contribution in [3.63, 3.8) is 0 Å². The molecule has 17 heavy (non-hydrogen) atoms. The van der Waals surface area contributed by atoms with Crippen LogP contribution in [-0.2, 0) is 4.79 Å². The fourth-order valence-corrected chi connectivity index (χ4v) is 1.72. The third kappa shape index (κ3) is 1.91. The third-order valence-electron chi connectivity index (χ3n) is 2.91. The van der Waals surface area contributed by atoms with E-state index in [0.29, 0.717) is 12.8 Å². The first kappa shape index (κ1) is 11.3. The Balaban J connectivity index is 2.17. The minimum atomic E-state index is -1.17. The van der Waals surface area contributed by atoms with Gasteiger partial charge in [0, 0.05) is 12.4 Å². The molecule has 1 aromatic heterocycles. The van der Waals surface area contributed by atoms with Crippen LogP contribution >= 0.6 is 0 Å². The summed E-state index contributed by atoms with van der Waals surface area (Å²) < 4.78 is 0. The van der Waals surface area contributed by atoms with Gasteiger partial charge in [0.1, 0.15) is 5.54 Å². The van der Waals surface area contributed by atoms with Crippen LogP contribution in [0, 0.1) is 0 Å². The van der Waals surface area contributed by atoms with Crippen molar-refractivity contribution in [3.8, 4) is 0 Å². The molecule has 1 saturated carbocycles. The zero-order chi connectivity index (χ0) is 12.5. The molecule has 90 valence electrons. The van der Waals surface area contributed by atoms with E-state index in [0.717, 1.165) is 6.42 Å². The number of rotatable bonds is 3. The Bertz CT molecular complexity index is 470. The average molecular weight is 236 g/mol. The van der Waals surface area contributed by atoms with E-state index in [9.17, 15) is 9.59 Å². The third-order valence-corrected chi connectivity index (χ3v) is 2.91. The van der Waals surface area contributed by atoms with Crippen molar-refractivity contribution in [2.75, 3.05) is 5.73 Å². The second-order valence-corrected chi connectivity index (χ2v) is 3.99. The minimum absolute atomic E-state index is 0.00939. The van der Waals surface area contributed by atoms with E-state index in [1.165, 1.54) is 12.4 Å². The molecule has 0 atom stereocenters. The van der Waals surface area contributed by atoms with Gasteiger partial charge in [-0.2, -0.15) is 0 Å². The molecule has 0 saturated heterocycles. The van der Waals surface area contributed by atoms with Crippen LogP contribution in [0.3, 0.4) is 0 Å². The molecule has 0 radical (unpaired) electrons. The van der Waals surface area contributed by atoms with Crippen molar-refractivity contribution in [1.82, 2.24) is 15.3 Å². The molecule has 1 amide bonds. The summed E-state index contributed by atoms with van der Waals surface area (Å²) in [6, 6.07) is 0. The minimum Gasteiger partial charge on any atom is -0.480 e. The fraction of sp³-hybridized carbons (Fsp3) is 0.400. The SMILES string of the molecule is Nc1nccnc1C(=O)NC1(C(=O)O)CCC1. The molecule has 1 heterocycles. The largest absolute Gasteiger partial charge is 0.480 e. The number of hydrogen-bond acceptors (Lipinski definition) is 5. The molecule has 4 N–H and O–H groups in total. The van der Waals surface area contributed by atoms with Gasteiger partial charge >= 0.3 is 5.97 Å². The number of carboxylic acids is 1. The lowest BCUT2D eigenvalue weighted by Gasteiger charge is -2.38. The number of carboxylic acid groups (broad SMARTS) is 1. The maximum atomic E-state index is 11.8. The molecule has 1 aromatic rings. The van der Waals surface area contributed by atoms with Crippen LogP contribution < -0.4 is 11.1 Å². The monoisotopic (exact) mass is 236 g/mol. The van der Waals surface area contributed by atoms with Gasteiger partial charge in [0.05, 0.1) is 0 Å². The van der Waals surface area contributed by atoms with Gasteiger partial charge in [-0.05, 0) is 19.3 Å². The quantitative estimate of drug-likeness (QED) is 0.668. The Hall–Kier alpha value is -2.18. The number of nitrogens with zero attached hydrogens (tertiary/aromatic N) is 2. The van der Waals surface area contributed by atoms with E-state index < -0.39 is 17.4 Å². The van der Waals surface area contributed by atoms with Crippen molar-refractivity contribution < 1.29 is 14.7 Å². The number of nitrogens with one attached hydrogen (secondary N) is 1. The van der Waals surface area contributed by atoms with Gasteiger partial charge in [0.15, 0.2) is 11.5 Å². The van der Waals surface area contributed by atoms with Crippen LogP contribution in [0.5, 0.6) is 0 Å². The lowest BCUT2D eigenvalue weighted by molar-refractivity contribution is -0.148. The number of aliphatic carboxylic acids is 1. The molecular formula is C10H12N4O3. The molecule has 0 aromatic carbocycles. The maximum absolute atomic E-state index is 11.8. The molecule has 2 rings (SSSR count). The average Bonchev–Trinajstić information content (AvgIpc) is 2.23. The van der Waals surface area contributed by atoms with Gasteiger partial charge in [-0.15, -0.1) is 0 Å². The predicted molar refractivity (Wildman–Crippen MR) is 58.1 cm³/mol. The van der Waals surface area contributed by atoms with Gasteiger partial charge in [-0.3, -0.25) is 4.79 Å². The number of nitrogen functional groups attached to an aromatic ring is 1. The lowest BCUT2D eigenvalue weighted by Crippen LogP contribution is -2.59. The summed E-state index contributed by atoms with van der Waals surface area (Å²) in [5, 5.41) is 11.5. The van der Waals surface area contributed by atoms with E-state index in [-0.39, 0.29) is 11.5 Å². The maximum Gasteiger partial charge on any atom is 0.329 e. The van der Waals surface area contributed by atoms with Crippen molar-refractivity contribution in [2.24, 2.45) is 0 Å². The molecule has 1 aliphatic rings. The summed E-state index contributed by atoms with van der Waals surface area (Å²) in [4.78, 5) is 30.4. The predicted octanol–water partition coefficient (Wildman–Crippen LogP) is -0.204. The molecular weight excluding hydrogens is 224 g/mol. The van der Waals surface area contributed by atoms with Crippen LogP contribution in [0.25, 0.3) is 0 Å². The van der Waals surface area contributed by atoms with Crippen molar-refractivity contribution >= 4 is 17.7 Å². The van der Waals surface area contributed by atoms with Crippen LogP contribution in [0.1, 0.15) is 29.8 Å². The Labute approximate surface area is 97.1 Å². The van der Waals surface area contributed by atoms with Gasteiger partial charge in [-0.1, -0.05) is 0 Å². The van der Waals surface area contributed by atoms with E-state index in [1.54, 1.807) is 0 Å². The second kappa shape index (κ2) is 4.00. The second-order valence-electron chi connectivity index (χ2n) is 3.99. The van der Waals surface area contributed by atoms with Crippen LogP contribution in [0.2, 0.25) is 0 Å². The van der Waals surface area contributed by atoms with Gasteiger partial charge < -0.3 is 16.2 Å². The molecule has 0 unspecified atom stereocenters. The summed E-state index contributed by atoms with van der Waals surface area (Å²) in [7, 11) is 0. The van der Waals surface area contributed by atoms with E-state index in [1.807, 2.05) is 0 Å². The summed E-state index contributed by atoms with van der Waals surface area (Å²) in [5.74, 6) is -1.64. The van der Waals surface area contributed by atoms with Crippen LogP contribution in [-0.4, -0.2) is 32.5 Å². The molecule has 7 nitrogen and oxygen atoms in total. The van der Waals surface area contributed by atoms with Crippen molar-refractivity contribution in [3.05, 3.63) is 18.1 Å². The highest BCUT2D eigenvalue weighted by molar-refractivity contribution is 5.99. The number of carbonyl (C=O) groups is 2. The van der Waals surface area contributed by atoms with Crippen molar-refractivity contribution in [2.45, 2.75) is 24.8 Å². The van der Waals surface area contributed by atoms with Crippen LogP contribution in [0.4, 0.5) is 5.82 Å². The van der Waals surface area contributed by atoms with Crippen LogP contribution in [0.15, 0.2) is 12.4 Å². The first-order valence-corrected chi connectivity index (χ1v) is 5.17. The first-order chi connectivity index (χ1) is 8.05. The highest BCUT2D eigenvalue weighted by Gasteiger charge is 2.46. The van der Waals surface area contributed by atoms with E-state index >= 15 is 0 Å². The first-order valence-electron chi connectivity index (χ1n) is 5.17. The van der Waals surface area contributed by atoms with Gasteiger partial charge in [0.2, 0.25) is 0 Å². The highest BCUT2D eigenvalue weighted by Crippen LogP contribution is 2.32. The Morgan fingerprint density at radius 1 is 1.35 bits per heavy atom. The summed E-state index contributed by atoms with van der Waals surface area (Å²) in [6.45, 7) is 0. The lowest BCUT2D eigenvalue weighted by atomic mass is 9.76. The van der Waals surface area contributed by atoms with Gasteiger partial charge in [0.25, 0.3) is 5.91 Å². The van der Waals surface area contributed by atoms with E-state index in [2.05, 4.69) is 15.3 Å². The number of hydrogen-bond donors (Lipinski definition) is 3. The zero-order valence-electron chi connectivity index (χ0n) is 9.01. The molecule has 7 heteroatoms. The molecule has 0 spiro atoms. The molecule has 1 aliphatic carbocycles. The van der Waals surface area contributed by atoms with Crippen molar-refractivity contribution in [1.29, 1.82) is 0 Å². The van der Waals surface area contributed by atoms with E-state index in [4.69, 9.17) is 10.8 Å². The Kier molecular flexibility index (Phi) is 2.66. The molecule has 1 fully saturated rings. The smallest absolute Gasteiger partial charge is 0.329 e. The standard InChI is InChI=1S/C10H12N4O3/c11-7-6(12-4-5-13-7)8(15)14-10(9(16)17)2-1-3-10/h4-5H,1-3H2,(H2,11,13)(H,14,15)(H,16,17). The van der Waals surface area contributed by atoms with Gasteiger partial charge in [-0.25, -0.2) is 14.8 Å². The number of aromatic nitrogens is 2. The normalized spacial score (nSPS) is 16.9. The highest BCUT2D eigenvalue weighted by atomic mass is 16.4. The Morgan fingerprint density at radius 2 is 2.00 bits per heavy atom. The number of carbonyl (C=O) groups excluding carboxylic acids is 1. The summed E-state index contributed by atoms with van der Waals surface area (Å²) in [6.07, 6.45) is 4.33. The molecule has 0 bridgehead atoms. The Morgan fingerprint density at radius 3 is 2.47 bits per heavy atom. The zero-order valence-corrected chi connectivity index (χ0v) is 9.01.